The number of nitrogens with zero attached hydrogens (tertiary/aromatic N) is 1. The minimum atomic E-state index is -1.05. The Bertz CT molecular complexity index is 1060. The third kappa shape index (κ3) is 6.21. The monoisotopic (exact) mass is 416 g/mol. The molecule has 0 aliphatic rings. The first-order chi connectivity index (χ1) is 15.1. The van der Waals surface area contributed by atoms with Gasteiger partial charge in [0.1, 0.15) is 0 Å². The van der Waals surface area contributed by atoms with Crippen molar-refractivity contribution in [2.24, 2.45) is 4.99 Å². The Morgan fingerprint density at radius 1 is 1.10 bits per heavy atom. The van der Waals surface area contributed by atoms with Crippen LogP contribution in [0, 0.1) is 0 Å². The average Bonchev–Trinajstić information content (AvgIpc) is 2.78. The maximum Gasteiger partial charge on any atom is 0.341 e. The summed E-state index contributed by atoms with van der Waals surface area (Å²) in [5.74, 6) is -0.204. The molecule has 158 valence electrons. The minimum Gasteiger partial charge on any atom is -0.493 e. The zero-order valence-corrected chi connectivity index (χ0v) is 17.2. The lowest BCUT2D eigenvalue weighted by atomic mass is 10.1. The first-order valence-electron chi connectivity index (χ1n) is 9.71. The van der Waals surface area contributed by atoms with Gasteiger partial charge in [-0.15, -0.1) is 6.58 Å². The number of benzene rings is 3. The number of methoxy groups -OCH3 is 1. The SMILES string of the molecule is C=CCc1cc(C=Nc2ccc(Nc3ccccc3)cc2)cc(OC)c1OCC(=O)O. The summed E-state index contributed by atoms with van der Waals surface area (Å²) in [6.45, 7) is 3.31. The van der Waals surface area contributed by atoms with Crippen LogP contribution < -0.4 is 14.8 Å². The third-order valence-electron chi connectivity index (χ3n) is 4.37. The molecule has 0 fully saturated rings. The van der Waals surface area contributed by atoms with E-state index in [1.165, 1.54) is 7.11 Å². The normalized spacial score (nSPS) is 10.6. The van der Waals surface area contributed by atoms with Gasteiger partial charge < -0.3 is 19.9 Å². The van der Waals surface area contributed by atoms with Crippen LogP contribution in [0.15, 0.2) is 84.4 Å². The molecule has 0 heterocycles. The number of aliphatic carboxylic acids is 1. The van der Waals surface area contributed by atoms with Crippen LogP contribution in [0.2, 0.25) is 0 Å². The topological polar surface area (TPSA) is 80.2 Å². The first-order valence-corrected chi connectivity index (χ1v) is 9.71. The largest absolute Gasteiger partial charge is 0.493 e. The first kappa shape index (κ1) is 21.6. The molecule has 0 saturated carbocycles. The molecule has 0 aliphatic heterocycles. The van der Waals surface area contributed by atoms with Crippen molar-refractivity contribution in [3.8, 4) is 11.5 Å². The zero-order chi connectivity index (χ0) is 22.1. The molecule has 0 bridgehead atoms. The van der Waals surface area contributed by atoms with E-state index >= 15 is 0 Å². The van der Waals surface area contributed by atoms with Crippen molar-refractivity contribution in [3.05, 3.63) is 90.5 Å². The molecule has 0 amide bonds. The minimum absolute atomic E-state index is 0.401. The summed E-state index contributed by atoms with van der Waals surface area (Å²) < 4.78 is 10.8. The third-order valence-corrected chi connectivity index (χ3v) is 4.37. The van der Waals surface area contributed by atoms with Gasteiger partial charge >= 0.3 is 5.97 Å². The van der Waals surface area contributed by atoms with Crippen molar-refractivity contribution in [1.29, 1.82) is 0 Å². The van der Waals surface area contributed by atoms with Crippen molar-refractivity contribution in [1.82, 2.24) is 0 Å². The van der Waals surface area contributed by atoms with Gasteiger partial charge in [-0.05, 0) is 60.5 Å². The van der Waals surface area contributed by atoms with Crippen molar-refractivity contribution in [2.75, 3.05) is 19.0 Å². The van der Waals surface area contributed by atoms with Gasteiger partial charge in [0.2, 0.25) is 0 Å². The molecule has 0 spiro atoms. The van der Waals surface area contributed by atoms with Crippen LogP contribution in [-0.2, 0) is 11.2 Å². The highest BCUT2D eigenvalue weighted by molar-refractivity contribution is 5.84. The van der Waals surface area contributed by atoms with Gasteiger partial charge in [-0.25, -0.2) is 4.79 Å². The molecule has 0 atom stereocenters. The lowest BCUT2D eigenvalue weighted by Gasteiger charge is -2.14. The predicted octanol–water partition coefficient (Wildman–Crippen LogP) is 5.38. The maximum absolute atomic E-state index is 10.9. The average molecular weight is 416 g/mol. The molecule has 0 radical (unpaired) electrons. The Morgan fingerprint density at radius 2 is 1.81 bits per heavy atom. The Balaban J connectivity index is 1.78. The fraction of sp³-hybridized carbons (Fsp3) is 0.120. The molecule has 0 aliphatic carbocycles. The molecule has 0 aromatic heterocycles. The molecule has 0 unspecified atom stereocenters. The van der Waals surface area contributed by atoms with Gasteiger partial charge in [0.05, 0.1) is 12.8 Å². The summed E-state index contributed by atoms with van der Waals surface area (Å²) in [4.78, 5) is 15.4. The number of para-hydroxylation sites is 1. The van der Waals surface area contributed by atoms with E-state index in [1.54, 1.807) is 18.4 Å². The van der Waals surface area contributed by atoms with Gasteiger partial charge in [0.25, 0.3) is 0 Å². The zero-order valence-electron chi connectivity index (χ0n) is 17.2. The van der Waals surface area contributed by atoms with E-state index in [-0.39, 0.29) is 0 Å². The van der Waals surface area contributed by atoms with Gasteiger partial charge in [-0.2, -0.15) is 0 Å². The highest BCUT2D eigenvalue weighted by atomic mass is 16.5. The summed E-state index contributed by atoms with van der Waals surface area (Å²) >= 11 is 0. The van der Waals surface area contributed by atoms with Gasteiger partial charge in [-0.1, -0.05) is 24.3 Å². The molecule has 0 saturated heterocycles. The van der Waals surface area contributed by atoms with Crippen LogP contribution in [0.1, 0.15) is 11.1 Å². The Kier molecular flexibility index (Phi) is 7.43. The van der Waals surface area contributed by atoms with Crippen LogP contribution in [0.3, 0.4) is 0 Å². The molecule has 31 heavy (non-hydrogen) atoms. The van der Waals surface area contributed by atoms with E-state index in [0.717, 1.165) is 28.2 Å². The molecular weight excluding hydrogens is 392 g/mol. The fourth-order valence-corrected chi connectivity index (χ4v) is 2.98. The van der Waals surface area contributed by atoms with Gasteiger partial charge in [-0.3, -0.25) is 4.99 Å². The summed E-state index contributed by atoms with van der Waals surface area (Å²) in [6.07, 6.45) is 3.96. The second-order valence-electron chi connectivity index (χ2n) is 6.68. The second-order valence-corrected chi connectivity index (χ2v) is 6.68. The van der Waals surface area contributed by atoms with E-state index in [2.05, 4.69) is 16.9 Å². The lowest BCUT2D eigenvalue weighted by Crippen LogP contribution is -2.11. The summed E-state index contributed by atoms with van der Waals surface area (Å²) in [5.41, 5.74) is 4.38. The highest BCUT2D eigenvalue weighted by Gasteiger charge is 2.13. The van der Waals surface area contributed by atoms with Gasteiger partial charge in [0.15, 0.2) is 18.1 Å². The van der Waals surface area contributed by atoms with Crippen LogP contribution in [0.5, 0.6) is 11.5 Å². The Hall–Kier alpha value is -4.06. The summed E-state index contributed by atoms with van der Waals surface area (Å²) in [7, 11) is 1.51. The molecule has 2 N–H and O–H groups in total. The second kappa shape index (κ2) is 10.6. The molecule has 6 nitrogen and oxygen atoms in total. The number of nitrogens with one attached hydrogen (secondary N) is 1. The number of anilines is 2. The predicted molar refractivity (Wildman–Crippen MR) is 123 cm³/mol. The molecular formula is C25H24N2O4. The number of aliphatic imine (C=N–C) groups is 1. The van der Waals surface area contributed by atoms with Crippen molar-refractivity contribution >= 4 is 29.2 Å². The number of hydrogen-bond acceptors (Lipinski definition) is 5. The summed E-state index contributed by atoms with van der Waals surface area (Å²) in [6, 6.07) is 21.4. The van der Waals surface area contributed by atoms with Crippen molar-refractivity contribution < 1.29 is 19.4 Å². The fourth-order valence-electron chi connectivity index (χ4n) is 2.98. The molecule has 6 heteroatoms. The van der Waals surface area contributed by atoms with Crippen molar-refractivity contribution in [2.45, 2.75) is 6.42 Å². The number of hydrogen-bond donors (Lipinski definition) is 2. The Morgan fingerprint density at radius 3 is 2.45 bits per heavy atom. The summed E-state index contributed by atoms with van der Waals surface area (Å²) in [5, 5.41) is 12.2. The number of ether oxygens (including phenoxy) is 2. The molecule has 3 rings (SSSR count). The lowest BCUT2D eigenvalue weighted by molar-refractivity contribution is -0.139. The van der Waals surface area contributed by atoms with E-state index in [4.69, 9.17) is 14.6 Å². The van der Waals surface area contributed by atoms with Crippen molar-refractivity contribution in [3.63, 3.8) is 0 Å². The van der Waals surface area contributed by atoms with E-state index < -0.39 is 12.6 Å². The van der Waals surface area contributed by atoms with Crippen LogP contribution >= 0.6 is 0 Å². The van der Waals surface area contributed by atoms with E-state index in [9.17, 15) is 4.79 Å². The number of allylic oxidation sites excluding steroid dienone is 1. The van der Waals surface area contributed by atoms with Gasteiger partial charge in [0, 0.05) is 23.2 Å². The number of rotatable bonds is 10. The highest BCUT2D eigenvalue weighted by Crippen LogP contribution is 2.33. The van der Waals surface area contributed by atoms with Crippen LogP contribution in [0.4, 0.5) is 17.1 Å². The Labute approximate surface area is 181 Å². The number of carboxylic acids is 1. The number of carbonyl (C=O) groups is 1. The molecule has 3 aromatic carbocycles. The molecule has 3 aromatic rings. The smallest absolute Gasteiger partial charge is 0.341 e. The standard InChI is InChI=1S/C25H24N2O4/c1-3-7-19-14-18(15-23(30-2)25(19)31-17-24(28)29)16-26-20-10-12-22(13-11-20)27-21-8-5-4-6-9-21/h3-6,8-16,27H,1,7,17H2,2H3,(H,28,29). The van der Waals surface area contributed by atoms with Crippen LogP contribution in [0.25, 0.3) is 0 Å². The van der Waals surface area contributed by atoms with E-state index in [1.807, 2.05) is 60.7 Å². The maximum atomic E-state index is 10.9. The van der Waals surface area contributed by atoms with E-state index in [0.29, 0.717) is 17.9 Å². The quantitative estimate of drug-likeness (QED) is 0.343. The van der Waals surface area contributed by atoms with Crippen LogP contribution in [-0.4, -0.2) is 31.0 Å². The number of carboxylic acid groups (broad SMARTS) is 1.